The van der Waals surface area contributed by atoms with Crippen molar-refractivity contribution in [1.82, 2.24) is 5.32 Å². The van der Waals surface area contributed by atoms with Crippen LogP contribution in [0.15, 0.2) is 34.9 Å². The number of aryl methyl sites for hydroxylation is 1. The number of rotatable bonds is 5. The van der Waals surface area contributed by atoms with Gasteiger partial charge < -0.3 is 9.73 Å². The predicted molar refractivity (Wildman–Crippen MR) is 69.9 cm³/mol. The summed E-state index contributed by atoms with van der Waals surface area (Å²) in [5.41, 5.74) is 1.34. The lowest BCUT2D eigenvalue weighted by Gasteiger charge is -2.18. The van der Waals surface area contributed by atoms with Gasteiger partial charge in [-0.25, -0.2) is 8.78 Å². The Labute approximate surface area is 111 Å². The molecule has 0 spiro atoms. The monoisotopic (exact) mass is 265 g/mol. The van der Waals surface area contributed by atoms with Gasteiger partial charge in [0.1, 0.15) is 17.4 Å². The molecule has 4 heteroatoms. The molecule has 0 aliphatic heterocycles. The molecule has 0 saturated carbocycles. The van der Waals surface area contributed by atoms with Crippen molar-refractivity contribution in [3.63, 3.8) is 0 Å². The first-order chi connectivity index (χ1) is 9.13. The van der Waals surface area contributed by atoms with E-state index in [-0.39, 0.29) is 0 Å². The van der Waals surface area contributed by atoms with Gasteiger partial charge in [-0.15, -0.1) is 0 Å². The number of halogens is 2. The summed E-state index contributed by atoms with van der Waals surface area (Å²) in [5.74, 6) is -0.477. The molecule has 1 aromatic heterocycles. The van der Waals surface area contributed by atoms with Crippen LogP contribution in [0.25, 0.3) is 0 Å². The molecule has 1 unspecified atom stereocenters. The smallest absolute Gasteiger partial charge is 0.131 e. The molecule has 0 fully saturated rings. The summed E-state index contributed by atoms with van der Waals surface area (Å²) < 4.78 is 32.4. The number of nitrogens with one attached hydrogen (secondary N) is 1. The second kappa shape index (κ2) is 5.97. The fourth-order valence-electron chi connectivity index (χ4n) is 2.05. The quantitative estimate of drug-likeness (QED) is 0.885. The van der Waals surface area contributed by atoms with E-state index in [2.05, 4.69) is 5.32 Å². The molecule has 1 heterocycles. The Morgan fingerprint density at radius 2 is 2.05 bits per heavy atom. The van der Waals surface area contributed by atoms with Gasteiger partial charge in [0.05, 0.1) is 12.3 Å². The molecule has 0 amide bonds. The van der Waals surface area contributed by atoms with E-state index in [0.717, 1.165) is 24.6 Å². The molecule has 0 saturated heterocycles. The molecular weight excluding hydrogens is 248 g/mol. The second-order valence-corrected chi connectivity index (χ2v) is 4.52. The first-order valence-corrected chi connectivity index (χ1v) is 6.35. The van der Waals surface area contributed by atoms with Gasteiger partial charge in [-0.3, -0.25) is 0 Å². The first-order valence-electron chi connectivity index (χ1n) is 6.35. The molecule has 0 radical (unpaired) electrons. The Morgan fingerprint density at radius 3 is 2.63 bits per heavy atom. The second-order valence-electron chi connectivity index (χ2n) is 4.52. The van der Waals surface area contributed by atoms with Crippen LogP contribution in [-0.2, 0) is 0 Å². The number of furan rings is 1. The Balaban J connectivity index is 2.40. The lowest BCUT2D eigenvalue weighted by Crippen LogP contribution is -2.24. The molecule has 2 nitrogen and oxygen atoms in total. The van der Waals surface area contributed by atoms with Gasteiger partial charge in [0.2, 0.25) is 0 Å². The third kappa shape index (κ3) is 3.01. The van der Waals surface area contributed by atoms with E-state index in [9.17, 15) is 8.78 Å². The van der Waals surface area contributed by atoms with Crippen molar-refractivity contribution in [2.24, 2.45) is 0 Å². The number of hydrogen-bond acceptors (Lipinski definition) is 2. The van der Waals surface area contributed by atoms with Crippen LogP contribution in [0.3, 0.4) is 0 Å². The number of benzene rings is 1. The van der Waals surface area contributed by atoms with E-state index in [0.29, 0.717) is 11.3 Å². The predicted octanol–water partition coefficient (Wildman–Crippen LogP) is 3.96. The van der Waals surface area contributed by atoms with Gasteiger partial charge in [-0.05, 0) is 37.6 Å². The Kier molecular flexibility index (Phi) is 4.32. The summed E-state index contributed by atoms with van der Waals surface area (Å²) in [6.07, 6.45) is 2.49. The SMILES string of the molecule is CCCNC(c1ccc(F)cc1F)c1occc1C. The molecule has 0 aliphatic carbocycles. The summed E-state index contributed by atoms with van der Waals surface area (Å²) >= 11 is 0. The highest BCUT2D eigenvalue weighted by Crippen LogP contribution is 2.28. The van der Waals surface area contributed by atoms with Gasteiger partial charge >= 0.3 is 0 Å². The summed E-state index contributed by atoms with van der Waals surface area (Å²) in [6, 6.07) is 5.05. The maximum Gasteiger partial charge on any atom is 0.131 e. The van der Waals surface area contributed by atoms with Gasteiger partial charge in [-0.1, -0.05) is 13.0 Å². The van der Waals surface area contributed by atoms with E-state index in [4.69, 9.17) is 4.42 Å². The summed E-state index contributed by atoms with van der Waals surface area (Å²) in [5, 5.41) is 3.23. The minimum atomic E-state index is -0.577. The molecule has 2 aromatic rings. The van der Waals surface area contributed by atoms with Crippen LogP contribution in [0.1, 0.15) is 36.3 Å². The minimum Gasteiger partial charge on any atom is -0.467 e. The summed E-state index contributed by atoms with van der Waals surface area (Å²) in [6.45, 7) is 4.66. The van der Waals surface area contributed by atoms with Crippen molar-refractivity contribution < 1.29 is 13.2 Å². The lowest BCUT2D eigenvalue weighted by atomic mass is 10.0. The Hall–Kier alpha value is -1.68. The van der Waals surface area contributed by atoms with E-state index >= 15 is 0 Å². The zero-order valence-electron chi connectivity index (χ0n) is 11.0. The normalized spacial score (nSPS) is 12.6. The van der Waals surface area contributed by atoms with Crippen LogP contribution in [0.5, 0.6) is 0 Å². The van der Waals surface area contributed by atoms with Crippen molar-refractivity contribution in [3.05, 3.63) is 59.1 Å². The highest BCUT2D eigenvalue weighted by molar-refractivity contribution is 5.32. The average molecular weight is 265 g/mol. The third-order valence-corrected chi connectivity index (χ3v) is 3.04. The largest absolute Gasteiger partial charge is 0.467 e. The van der Waals surface area contributed by atoms with Crippen LogP contribution in [-0.4, -0.2) is 6.54 Å². The van der Waals surface area contributed by atoms with E-state index in [1.54, 1.807) is 6.26 Å². The zero-order valence-corrected chi connectivity index (χ0v) is 11.0. The fourth-order valence-corrected chi connectivity index (χ4v) is 2.05. The molecule has 1 N–H and O–H groups in total. The van der Waals surface area contributed by atoms with Gasteiger partial charge in [-0.2, -0.15) is 0 Å². The summed E-state index contributed by atoms with van der Waals surface area (Å²) in [4.78, 5) is 0. The van der Waals surface area contributed by atoms with Crippen molar-refractivity contribution in [2.45, 2.75) is 26.3 Å². The van der Waals surface area contributed by atoms with Crippen LogP contribution in [0.4, 0.5) is 8.78 Å². The topological polar surface area (TPSA) is 25.2 Å². The lowest BCUT2D eigenvalue weighted by molar-refractivity contribution is 0.432. The molecule has 0 bridgehead atoms. The van der Waals surface area contributed by atoms with Crippen LogP contribution in [0.2, 0.25) is 0 Å². The standard InChI is InChI=1S/C15H17F2NO/c1-3-7-18-14(15-10(2)6-8-19-15)12-5-4-11(16)9-13(12)17/h4-6,8-9,14,18H,3,7H2,1-2H3. The zero-order chi connectivity index (χ0) is 13.8. The van der Waals surface area contributed by atoms with Crippen molar-refractivity contribution in [3.8, 4) is 0 Å². The van der Waals surface area contributed by atoms with Gasteiger partial charge in [0.15, 0.2) is 0 Å². The molecule has 19 heavy (non-hydrogen) atoms. The summed E-state index contributed by atoms with van der Waals surface area (Å²) in [7, 11) is 0. The van der Waals surface area contributed by atoms with E-state index in [1.807, 2.05) is 19.9 Å². The first kappa shape index (κ1) is 13.7. The van der Waals surface area contributed by atoms with Crippen LogP contribution >= 0.6 is 0 Å². The van der Waals surface area contributed by atoms with Crippen molar-refractivity contribution in [1.29, 1.82) is 0 Å². The molecule has 2 rings (SSSR count). The Morgan fingerprint density at radius 1 is 1.26 bits per heavy atom. The maximum absolute atomic E-state index is 13.9. The molecule has 102 valence electrons. The van der Waals surface area contributed by atoms with Crippen molar-refractivity contribution >= 4 is 0 Å². The maximum atomic E-state index is 13.9. The van der Waals surface area contributed by atoms with E-state index in [1.165, 1.54) is 12.1 Å². The average Bonchev–Trinajstić information content (AvgIpc) is 2.78. The molecule has 0 aliphatic rings. The third-order valence-electron chi connectivity index (χ3n) is 3.04. The number of hydrogen-bond donors (Lipinski definition) is 1. The van der Waals surface area contributed by atoms with Crippen LogP contribution in [0, 0.1) is 18.6 Å². The molecular formula is C15H17F2NO. The van der Waals surface area contributed by atoms with Crippen LogP contribution < -0.4 is 5.32 Å². The minimum absolute atomic E-state index is 0.393. The van der Waals surface area contributed by atoms with Gasteiger partial charge in [0.25, 0.3) is 0 Å². The molecule has 1 atom stereocenters. The highest BCUT2D eigenvalue weighted by Gasteiger charge is 2.22. The Bertz CT molecular complexity index is 551. The highest BCUT2D eigenvalue weighted by atomic mass is 19.1. The fraction of sp³-hybridized carbons (Fsp3) is 0.333. The van der Waals surface area contributed by atoms with Crippen molar-refractivity contribution in [2.75, 3.05) is 6.54 Å². The molecule has 1 aromatic carbocycles. The van der Waals surface area contributed by atoms with Gasteiger partial charge in [0, 0.05) is 11.6 Å². The van der Waals surface area contributed by atoms with E-state index < -0.39 is 17.7 Å².